The van der Waals surface area contributed by atoms with E-state index in [-0.39, 0.29) is 18.4 Å². The van der Waals surface area contributed by atoms with Gasteiger partial charge in [-0.3, -0.25) is 9.59 Å². The highest BCUT2D eigenvalue weighted by molar-refractivity contribution is 14.1. The Morgan fingerprint density at radius 3 is 2.82 bits per heavy atom. The number of ether oxygens (including phenoxy) is 1. The summed E-state index contributed by atoms with van der Waals surface area (Å²) in [4.78, 5) is 26.7. The third-order valence-electron chi connectivity index (χ3n) is 4.13. The van der Waals surface area contributed by atoms with E-state index in [0.717, 1.165) is 19.2 Å². The molecule has 1 saturated heterocycles. The number of carbonyl (C=O) groups excluding carboxylic acids is 2. The van der Waals surface area contributed by atoms with Crippen LogP contribution in [0.15, 0.2) is 45.8 Å². The van der Waals surface area contributed by atoms with Crippen LogP contribution in [0.3, 0.4) is 0 Å². The highest BCUT2D eigenvalue weighted by atomic mass is 127. The van der Waals surface area contributed by atoms with Gasteiger partial charge in [0.05, 0.1) is 17.1 Å². The molecular weight excluding hydrogens is 575 g/mol. The lowest BCUT2D eigenvalue weighted by molar-refractivity contribution is -0.121. The summed E-state index contributed by atoms with van der Waals surface area (Å²) < 4.78 is 8.08. The van der Waals surface area contributed by atoms with Crippen molar-refractivity contribution in [2.45, 2.75) is 6.54 Å². The zero-order valence-corrected chi connectivity index (χ0v) is 19.6. The van der Waals surface area contributed by atoms with Crippen LogP contribution in [0.25, 0.3) is 6.08 Å². The van der Waals surface area contributed by atoms with E-state index in [9.17, 15) is 9.59 Å². The van der Waals surface area contributed by atoms with Gasteiger partial charge in [-0.25, -0.2) is 0 Å². The van der Waals surface area contributed by atoms with E-state index < -0.39 is 0 Å². The molecule has 2 aliphatic heterocycles. The van der Waals surface area contributed by atoms with Gasteiger partial charge in [-0.1, -0.05) is 46.0 Å². The molecule has 2 heterocycles. The van der Waals surface area contributed by atoms with Crippen LogP contribution in [-0.4, -0.2) is 22.7 Å². The quantitative estimate of drug-likeness (QED) is 0.327. The molecule has 2 aliphatic rings. The summed E-state index contributed by atoms with van der Waals surface area (Å²) in [7, 11) is 0. The van der Waals surface area contributed by atoms with Crippen molar-refractivity contribution in [1.82, 2.24) is 5.32 Å². The number of nitrogens with zero attached hydrogens (tertiary/aromatic N) is 1. The van der Waals surface area contributed by atoms with Crippen LogP contribution in [0.4, 0.5) is 5.69 Å². The lowest BCUT2D eigenvalue weighted by Crippen LogP contribution is -2.38. The number of thiocarbonyl (C=S) groups is 1. The first-order valence-electron chi connectivity index (χ1n) is 8.16. The number of carbonyl (C=O) groups is 2. The Morgan fingerprint density at radius 1 is 1.29 bits per heavy atom. The zero-order valence-electron chi connectivity index (χ0n) is 14.2. The fourth-order valence-corrected chi connectivity index (χ4v) is 5.69. The number of amides is 2. The Labute approximate surface area is 193 Å². The van der Waals surface area contributed by atoms with Gasteiger partial charge in [0.2, 0.25) is 0 Å². The number of rotatable bonds is 3. The van der Waals surface area contributed by atoms with Crippen molar-refractivity contribution in [3.8, 4) is 5.75 Å². The fourth-order valence-electron chi connectivity index (χ4n) is 2.94. The Bertz CT molecular complexity index is 1040. The van der Waals surface area contributed by atoms with Gasteiger partial charge >= 0.3 is 0 Å². The van der Waals surface area contributed by atoms with Crippen molar-refractivity contribution in [2.75, 3.05) is 11.5 Å². The SMILES string of the molecule is O=C1NC(=S)SC1=Cc1ccc2c(c1)N(Cc1cc(Br)cc(I)c1)C(=O)CO2. The molecule has 0 saturated carbocycles. The highest BCUT2D eigenvalue weighted by Crippen LogP contribution is 2.36. The third kappa shape index (κ3) is 4.27. The van der Waals surface area contributed by atoms with Gasteiger partial charge in [0.25, 0.3) is 11.8 Å². The summed E-state index contributed by atoms with van der Waals surface area (Å²) in [5.74, 6) is 0.326. The largest absolute Gasteiger partial charge is 0.482 e. The van der Waals surface area contributed by atoms with E-state index in [1.54, 1.807) is 11.0 Å². The maximum atomic E-state index is 12.6. The summed E-state index contributed by atoms with van der Waals surface area (Å²) in [5.41, 5.74) is 2.50. The van der Waals surface area contributed by atoms with Crippen molar-refractivity contribution < 1.29 is 14.3 Å². The maximum absolute atomic E-state index is 12.6. The second-order valence-corrected chi connectivity index (χ2v) is 10.0. The lowest BCUT2D eigenvalue weighted by atomic mass is 10.1. The van der Waals surface area contributed by atoms with Crippen molar-refractivity contribution in [3.63, 3.8) is 0 Å². The molecule has 0 radical (unpaired) electrons. The number of halogens is 2. The van der Waals surface area contributed by atoms with E-state index in [1.807, 2.05) is 36.4 Å². The van der Waals surface area contributed by atoms with E-state index in [0.29, 0.717) is 27.2 Å². The Morgan fingerprint density at radius 2 is 2.11 bits per heavy atom. The minimum Gasteiger partial charge on any atom is -0.482 e. The van der Waals surface area contributed by atoms with E-state index in [1.165, 1.54) is 11.8 Å². The van der Waals surface area contributed by atoms with Gasteiger partial charge in [0, 0.05) is 8.04 Å². The normalized spacial score (nSPS) is 17.6. The van der Waals surface area contributed by atoms with E-state index >= 15 is 0 Å². The minimum atomic E-state index is -0.208. The third-order valence-corrected chi connectivity index (χ3v) is 6.37. The number of hydrogen-bond donors (Lipinski definition) is 1. The second kappa shape index (κ2) is 8.13. The van der Waals surface area contributed by atoms with Gasteiger partial charge < -0.3 is 15.0 Å². The highest BCUT2D eigenvalue weighted by Gasteiger charge is 2.27. The van der Waals surface area contributed by atoms with Gasteiger partial charge in [0.15, 0.2) is 6.61 Å². The van der Waals surface area contributed by atoms with Crippen LogP contribution in [0.2, 0.25) is 0 Å². The zero-order chi connectivity index (χ0) is 19.8. The molecule has 142 valence electrons. The molecule has 2 aromatic carbocycles. The molecule has 0 bridgehead atoms. The minimum absolute atomic E-state index is 0.00502. The molecule has 5 nitrogen and oxygen atoms in total. The summed E-state index contributed by atoms with van der Waals surface area (Å²) in [6.45, 7) is 0.440. The number of anilines is 1. The molecule has 1 N–H and O–H groups in total. The number of benzene rings is 2. The number of nitrogens with one attached hydrogen (secondary N) is 1. The Hall–Kier alpha value is -1.43. The lowest BCUT2D eigenvalue weighted by Gasteiger charge is -2.30. The van der Waals surface area contributed by atoms with Crippen LogP contribution in [-0.2, 0) is 16.1 Å². The smallest absolute Gasteiger partial charge is 0.265 e. The molecule has 0 aliphatic carbocycles. The fraction of sp³-hybridized carbons (Fsp3) is 0.105. The standard InChI is InChI=1S/C19H12BrIN2O3S2/c20-12-3-11(4-13(21)7-12)8-23-14-5-10(1-2-15(14)26-9-17(23)24)6-16-18(25)22-19(27)28-16/h1-7H,8-9H2,(H,22,25,27). The molecule has 0 spiro atoms. The molecule has 2 aromatic rings. The Kier molecular flexibility index (Phi) is 5.77. The van der Waals surface area contributed by atoms with Crippen LogP contribution in [0.1, 0.15) is 11.1 Å². The average molecular weight is 587 g/mol. The van der Waals surface area contributed by atoms with Crippen LogP contribution in [0.5, 0.6) is 5.75 Å². The first kappa shape index (κ1) is 19.9. The van der Waals surface area contributed by atoms with Gasteiger partial charge in [-0.2, -0.15) is 0 Å². The topological polar surface area (TPSA) is 58.6 Å². The summed E-state index contributed by atoms with van der Waals surface area (Å²) in [5, 5.41) is 2.60. The van der Waals surface area contributed by atoms with Crippen LogP contribution >= 0.6 is 62.5 Å². The van der Waals surface area contributed by atoms with Gasteiger partial charge in [-0.15, -0.1) is 0 Å². The maximum Gasteiger partial charge on any atom is 0.265 e. The predicted octanol–water partition coefficient (Wildman–Crippen LogP) is 4.47. The summed E-state index contributed by atoms with van der Waals surface area (Å²) >= 11 is 12.0. The van der Waals surface area contributed by atoms with Gasteiger partial charge in [-0.05, 0) is 70.1 Å². The number of hydrogen-bond acceptors (Lipinski definition) is 5. The summed E-state index contributed by atoms with van der Waals surface area (Å²) in [6.07, 6.45) is 1.76. The van der Waals surface area contributed by atoms with Gasteiger partial charge in [0.1, 0.15) is 10.1 Å². The van der Waals surface area contributed by atoms with Crippen molar-refractivity contribution >= 4 is 90.4 Å². The van der Waals surface area contributed by atoms with Crippen LogP contribution in [0, 0.1) is 3.57 Å². The summed E-state index contributed by atoms with van der Waals surface area (Å²) in [6, 6.07) is 11.6. The molecule has 0 atom stereocenters. The van der Waals surface area contributed by atoms with Crippen molar-refractivity contribution in [2.24, 2.45) is 0 Å². The monoisotopic (exact) mass is 586 g/mol. The number of fused-ring (bicyclic) bond motifs is 1. The van der Waals surface area contributed by atoms with Crippen LogP contribution < -0.4 is 15.0 Å². The molecule has 2 amide bonds. The molecule has 9 heteroatoms. The molecule has 1 fully saturated rings. The molecular formula is C19H12BrIN2O3S2. The molecule has 0 unspecified atom stereocenters. The average Bonchev–Trinajstić information content (AvgIpc) is 2.94. The molecule has 0 aromatic heterocycles. The number of thioether (sulfide) groups is 1. The van der Waals surface area contributed by atoms with E-state index in [2.05, 4.69) is 43.8 Å². The van der Waals surface area contributed by atoms with Crippen molar-refractivity contribution in [3.05, 3.63) is 60.5 Å². The van der Waals surface area contributed by atoms with Crippen molar-refractivity contribution in [1.29, 1.82) is 0 Å². The first-order valence-corrected chi connectivity index (χ1v) is 11.3. The second-order valence-electron chi connectivity index (χ2n) is 6.13. The van der Waals surface area contributed by atoms with E-state index in [4.69, 9.17) is 17.0 Å². The predicted molar refractivity (Wildman–Crippen MR) is 126 cm³/mol. The molecule has 4 rings (SSSR count). The molecule has 28 heavy (non-hydrogen) atoms. The first-order chi connectivity index (χ1) is 13.4. The Balaban J connectivity index is 1.69.